The van der Waals surface area contributed by atoms with E-state index in [4.69, 9.17) is 10.2 Å². The molecule has 0 aromatic rings. The molecule has 0 saturated carbocycles. The van der Waals surface area contributed by atoms with Gasteiger partial charge in [0.25, 0.3) is 0 Å². The minimum Gasteiger partial charge on any atom is -0.508 e. The van der Waals surface area contributed by atoms with Gasteiger partial charge in [-0.2, -0.15) is 0 Å². The van der Waals surface area contributed by atoms with Gasteiger partial charge < -0.3 is 10.2 Å². The minimum absolute atomic E-state index is 0.198. The summed E-state index contributed by atoms with van der Waals surface area (Å²) < 4.78 is 0. The molecule has 2 N–H and O–H groups in total. The van der Waals surface area contributed by atoms with E-state index < -0.39 is 5.97 Å². The molecule has 0 amide bonds. The summed E-state index contributed by atoms with van der Waals surface area (Å²) in [6.07, 6.45) is 11.0. The normalized spacial score (nSPS) is 12.2. The molecule has 0 heterocycles. The lowest BCUT2D eigenvalue weighted by molar-refractivity contribution is -0.131. The lowest BCUT2D eigenvalue weighted by Gasteiger charge is -1.95. The zero-order valence-corrected chi connectivity index (χ0v) is 9.28. The highest BCUT2D eigenvalue weighted by atomic mass is 16.4. The van der Waals surface area contributed by atoms with Gasteiger partial charge >= 0.3 is 5.97 Å². The van der Waals surface area contributed by atoms with Crippen LogP contribution >= 0.6 is 0 Å². The highest BCUT2D eigenvalue weighted by molar-refractivity contribution is 5.80. The third-order valence-electron chi connectivity index (χ3n) is 2.03. The predicted octanol–water partition coefficient (Wildman–Crippen LogP) is 3.43. The van der Waals surface area contributed by atoms with Crippen LogP contribution in [0.4, 0.5) is 0 Å². The molecule has 0 unspecified atom stereocenters. The standard InChI is InChI=1S/C12H20O3/c1-2-3-4-5-6-7-8-9-11(13)10-12(14)15/h8-10,13H,2-7H2,1H3,(H,14,15)/b9-8+,11-10-. The second-order valence-electron chi connectivity index (χ2n) is 3.51. The quantitative estimate of drug-likeness (QED) is 0.280. The fraction of sp³-hybridized carbons (Fsp3) is 0.583. The van der Waals surface area contributed by atoms with Gasteiger partial charge in [-0.3, -0.25) is 0 Å². The van der Waals surface area contributed by atoms with E-state index in [0.717, 1.165) is 18.9 Å². The van der Waals surface area contributed by atoms with Gasteiger partial charge in [0, 0.05) is 0 Å². The molecule has 15 heavy (non-hydrogen) atoms. The molecule has 0 fully saturated rings. The van der Waals surface area contributed by atoms with E-state index in [1.54, 1.807) is 6.08 Å². The summed E-state index contributed by atoms with van der Waals surface area (Å²) in [7, 11) is 0. The summed E-state index contributed by atoms with van der Waals surface area (Å²) in [5, 5.41) is 17.4. The van der Waals surface area contributed by atoms with Gasteiger partial charge in [-0.05, 0) is 18.9 Å². The second-order valence-corrected chi connectivity index (χ2v) is 3.51. The number of aliphatic carboxylic acids is 1. The van der Waals surface area contributed by atoms with Crippen molar-refractivity contribution < 1.29 is 15.0 Å². The number of hydrogen-bond acceptors (Lipinski definition) is 2. The Morgan fingerprint density at radius 2 is 1.80 bits per heavy atom. The molecule has 3 heteroatoms. The Kier molecular flexibility index (Phi) is 8.53. The van der Waals surface area contributed by atoms with Crippen molar-refractivity contribution in [3.8, 4) is 0 Å². The van der Waals surface area contributed by atoms with Gasteiger partial charge in [0.2, 0.25) is 0 Å². The topological polar surface area (TPSA) is 57.5 Å². The molecule has 0 radical (unpaired) electrons. The van der Waals surface area contributed by atoms with E-state index in [0.29, 0.717) is 0 Å². The van der Waals surface area contributed by atoms with Crippen molar-refractivity contribution in [3.63, 3.8) is 0 Å². The highest BCUT2D eigenvalue weighted by Crippen LogP contribution is 2.05. The van der Waals surface area contributed by atoms with Crippen LogP contribution in [0.5, 0.6) is 0 Å². The van der Waals surface area contributed by atoms with Crippen molar-refractivity contribution in [2.45, 2.75) is 45.4 Å². The highest BCUT2D eigenvalue weighted by Gasteiger charge is 1.91. The average Bonchev–Trinajstić information content (AvgIpc) is 2.15. The molecule has 86 valence electrons. The van der Waals surface area contributed by atoms with E-state index in [2.05, 4.69) is 6.92 Å². The Hall–Kier alpha value is -1.25. The Bertz CT molecular complexity index is 229. The van der Waals surface area contributed by atoms with Crippen molar-refractivity contribution >= 4 is 5.97 Å². The van der Waals surface area contributed by atoms with Gasteiger partial charge in [-0.1, -0.05) is 38.7 Å². The minimum atomic E-state index is -1.12. The largest absolute Gasteiger partial charge is 0.508 e. The predicted molar refractivity (Wildman–Crippen MR) is 60.9 cm³/mol. The van der Waals surface area contributed by atoms with Crippen molar-refractivity contribution in [1.29, 1.82) is 0 Å². The zero-order chi connectivity index (χ0) is 11.5. The lowest BCUT2D eigenvalue weighted by atomic mass is 10.1. The van der Waals surface area contributed by atoms with Crippen LogP contribution in [0.15, 0.2) is 24.0 Å². The number of aliphatic hydroxyl groups is 1. The molecule has 0 bridgehead atoms. The molecule has 0 aliphatic heterocycles. The fourth-order valence-corrected chi connectivity index (χ4v) is 1.24. The van der Waals surface area contributed by atoms with E-state index in [-0.39, 0.29) is 5.76 Å². The van der Waals surface area contributed by atoms with Gasteiger partial charge in [0.1, 0.15) is 5.76 Å². The Morgan fingerprint density at radius 3 is 2.40 bits per heavy atom. The number of rotatable bonds is 8. The summed E-state index contributed by atoms with van der Waals surface area (Å²) >= 11 is 0. The molecule has 0 saturated heterocycles. The number of allylic oxidation sites excluding steroid dienone is 2. The zero-order valence-electron chi connectivity index (χ0n) is 9.28. The maximum Gasteiger partial charge on any atom is 0.332 e. The molecule has 0 aromatic carbocycles. The van der Waals surface area contributed by atoms with Crippen molar-refractivity contribution in [2.24, 2.45) is 0 Å². The number of aliphatic hydroxyl groups excluding tert-OH is 1. The summed E-state index contributed by atoms with van der Waals surface area (Å²) in [4.78, 5) is 10.1. The summed E-state index contributed by atoms with van der Waals surface area (Å²) in [5.41, 5.74) is 0. The first-order valence-electron chi connectivity index (χ1n) is 5.47. The first-order chi connectivity index (χ1) is 7.16. The van der Waals surface area contributed by atoms with Crippen LogP contribution in [-0.2, 0) is 4.79 Å². The average molecular weight is 212 g/mol. The van der Waals surface area contributed by atoms with Crippen molar-refractivity contribution in [2.75, 3.05) is 0 Å². The van der Waals surface area contributed by atoms with Crippen molar-refractivity contribution in [1.82, 2.24) is 0 Å². The first-order valence-corrected chi connectivity index (χ1v) is 5.47. The molecule has 0 aliphatic carbocycles. The summed E-state index contributed by atoms with van der Waals surface area (Å²) in [6, 6.07) is 0. The van der Waals surface area contributed by atoms with Crippen LogP contribution < -0.4 is 0 Å². The van der Waals surface area contributed by atoms with Gasteiger partial charge in [0.15, 0.2) is 0 Å². The fourth-order valence-electron chi connectivity index (χ4n) is 1.24. The number of hydrogen-bond donors (Lipinski definition) is 2. The van der Waals surface area contributed by atoms with Gasteiger partial charge in [-0.25, -0.2) is 4.79 Å². The van der Waals surface area contributed by atoms with Crippen LogP contribution in [0, 0.1) is 0 Å². The van der Waals surface area contributed by atoms with Crippen LogP contribution in [0.2, 0.25) is 0 Å². The van der Waals surface area contributed by atoms with Crippen LogP contribution in [0.3, 0.4) is 0 Å². The first kappa shape index (κ1) is 13.8. The van der Waals surface area contributed by atoms with Crippen LogP contribution in [-0.4, -0.2) is 16.2 Å². The lowest BCUT2D eigenvalue weighted by Crippen LogP contribution is -1.89. The summed E-state index contributed by atoms with van der Waals surface area (Å²) in [6.45, 7) is 2.18. The molecular weight excluding hydrogens is 192 g/mol. The van der Waals surface area contributed by atoms with E-state index in [1.165, 1.54) is 31.8 Å². The monoisotopic (exact) mass is 212 g/mol. The van der Waals surface area contributed by atoms with Crippen LogP contribution in [0.1, 0.15) is 45.4 Å². The molecule has 3 nitrogen and oxygen atoms in total. The van der Waals surface area contributed by atoms with Gasteiger partial charge in [-0.15, -0.1) is 0 Å². The SMILES string of the molecule is CCCCCCC/C=C/C(O)=C/C(=O)O. The maximum atomic E-state index is 10.1. The number of carboxylic acid groups (broad SMARTS) is 1. The summed E-state index contributed by atoms with van der Waals surface area (Å²) in [5.74, 6) is -1.32. The Balaban J connectivity index is 3.50. The third kappa shape index (κ3) is 10.7. The number of carboxylic acids is 1. The molecule has 0 spiro atoms. The van der Waals surface area contributed by atoms with Crippen LogP contribution in [0.25, 0.3) is 0 Å². The van der Waals surface area contributed by atoms with Crippen molar-refractivity contribution in [3.05, 3.63) is 24.0 Å². The molecule has 0 aliphatic rings. The third-order valence-corrected chi connectivity index (χ3v) is 2.03. The van der Waals surface area contributed by atoms with E-state index in [1.807, 2.05) is 0 Å². The molecule has 0 atom stereocenters. The van der Waals surface area contributed by atoms with E-state index in [9.17, 15) is 4.79 Å². The maximum absolute atomic E-state index is 10.1. The van der Waals surface area contributed by atoms with Gasteiger partial charge in [0.05, 0.1) is 6.08 Å². The Morgan fingerprint density at radius 1 is 1.13 bits per heavy atom. The molecule has 0 aromatic heterocycles. The molecule has 0 rings (SSSR count). The van der Waals surface area contributed by atoms with E-state index >= 15 is 0 Å². The molecular formula is C12H20O3. The second kappa shape index (κ2) is 9.31. The smallest absolute Gasteiger partial charge is 0.332 e. The number of unbranched alkanes of at least 4 members (excludes halogenated alkanes) is 5. The Labute approximate surface area is 91.1 Å². The number of carbonyl (C=O) groups is 1.